The van der Waals surface area contributed by atoms with Crippen LogP contribution in [0, 0.1) is 18.6 Å². The van der Waals surface area contributed by atoms with Crippen LogP contribution in [0.15, 0.2) is 35.2 Å². The fraction of sp³-hybridized carbons (Fsp3) is 0.300. The lowest BCUT2D eigenvalue weighted by atomic mass is 10.1. The number of nitrogens with one attached hydrogen (secondary N) is 1. The molecule has 3 aromatic rings. The molecule has 158 valence electrons. The normalized spacial score (nSPS) is 15.4. The summed E-state index contributed by atoms with van der Waals surface area (Å²) in [6.45, 7) is 2.64. The van der Waals surface area contributed by atoms with E-state index in [9.17, 15) is 22.0 Å². The van der Waals surface area contributed by atoms with Crippen LogP contribution in [-0.4, -0.2) is 36.7 Å². The van der Waals surface area contributed by atoms with Gasteiger partial charge in [0, 0.05) is 24.7 Å². The highest BCUT2D eigenvalue weighted by atomic mass is 32.2. The molecule has 1 aliphatic rings. The van der Waals surface area contributed by atoms with Gasteiger partial charge in [0.1, 0.15) is 0 Å². The van der Waals surface area contributed by atoms with Crippen LogP contribution in [0.1, 0.15) is 35.2 Å². The van der Waals surface area contributed by atoms with Crippen molar-refractivity contribution in [3.63, 3.8) is 0 Å². The quantitative estimate of drug-likeness (QED) is 0.641. The molecule has 1 fully saturated rings. The zero-order chi connectivity index (χ0) is 21.5. The van der Waals surface area contributed by atoms with E-state index in [1.54, 1.807) is 13.0 Å². The summed E-state index contributed by atoms with van der Waals surface area (Å²) in [5.41, 5.74) is 1.03. The smallest absolute Gasteiger partial charge is 0.257 e. The van der Waals surface area contributed by atoms with Crippen molar-refractivity contribution in [3.05, 3.63) is 53.1 Å². The lowest BCUT2D eigenvalue weighted by Crippen LogP contribution is -2.35. The van der Waals surface area contributed by atoms with Gasteiger partial charge < -0.3 is 0 Å². The Balaban J connectivity index is 1.62. The minimum absolute atomic E-state index is 0.0635. The number of carbonyl (C=O) groups is 1. The third-order valence-electron chi connectivity index (χ3n) is 5.06. The molecule has 6 nitrogen and oxygen atoms in total. The SMILES string of the molecule is Cc1ccc(S(=O)(=O)N2CCCCC2)cc1C(=O)Nc1nc2cc(F)c(F)cc2s1. The first-order valence-electron chi connectivity index (χ1n) is 9.43. The van der Waals surface area contributed by atoms with Crippen LogP contribution in [0.4, 0.5) is 13.9 Å². The molecule has 0 unspecified atom stereocenters. The van der Waals surface area contributed by atoms with Crippen molar-refractivity contribution in [2.45, 2.75) is 31.1 Å². The molecule has 2 aromatic carbocycles. The van der Waals surface area contributed by atoms with E-state index in [2.05, 4.69) is 10.3 Å². The maximum Gasteiger partial charge on any atom is 0.257 e. The molecule has 0 aliphatic carbocycles. The minimum atomic E-state index is -3.68. The maximum absolute atomic E-state index is 13.4. The van der Waals surface area contributed by atoms with Gasteiger partial charge in [-0.05, 0) is 43.5 Å². The lowest BCUT2D eigenvalue weighted by Gasteiger charge is -2.26. The molecule has 1 saturated heterocycles. The molecular formula is C20H19F2N3O3S2. The largest absolute Gasteiger partial charge is 0.298 e. The Labute approximate surface area is 176 Å². The van der Waals surface area contributed by atoms with Gasteiger partial charge in [0.05, 0.1) is 15.1 Å². The first-order valence-corrected chi connectivity index (χ1v) is 11.7. The summed E-state index contributed by atoms with van der Waals surface area (Å²) in [5.74, 6) is -2.55. The Kier molecular flexibility index (Phi) is 5.56. The van der Waals surface area contributed by atoms with E-state index >= 15 is 0 Å². The number of halogens is 2. The number of thiazole rings is 1. The number of benzene rings is 2. The summed E-state index contributed by atoms with van der Waals surface area (Å²) in [7, 11) is -3.68. The second-order valence-corrected chi connectivity index (χ2v) is 10.1. The summed E-state index contributed by atoms with van der Waals surface area (Å²) in [5, 5.41) is 2.77. The van der Waals surface area contributed by atoms with Gasteiger partial charge in [-0.3, -0.25) is 10.1 Å². The molecule has 30 heavy (non-hydrogen) atoms. The van der Waals surface area contributed by atoms with Gasteiger partial charge in [-0.15, -0.1) is 0 Å². The number of fused-ring (bicyclic) bond motifs is 1. The Bertz CT molecular complexity index is 1200. The first-order chi connectivity index (χ1) is 14.3. The standard InChI is InChI=1S/C20H19F2N3O3S2/c1-12-5-6-13(30(27,28)25-7-3-2-4-8-25)9-14(12)19(26)24-20-23-17-10-15(21)16(22)11-18(17)29-20/h5-6,9-11H,2-4,7-8H2,1H3,(H,23,24,26). The average molecular weight is 452 g/mol. The number of aryl methyl sites for hydroxylation is 1. The zero-order valence-electron chi connectivity index (χ0n) is 16.1. The van der Waals surface area contributed by atoms with E-state index in [-0.39, 0.29) is 21.1 Å². The van der Waals surface area contributed by atoms with E-state index in [1.807, 2.05) is 0 Å². The highest BCUT2D eigenvalue weighted by Gasteiger charge is 2.27. The molecule has 0 radical (unpaired) electrons. The number of hydrogen-bond donors (Lipinski definition) is 1. The van der Waals surface area contributed by atoms with E-state index < -0.39 is 27.6 Å². The van der Waals surface area contributed by atoms with Crippen LogP contribution < -0.4 is 5.32 Å². The van der Waals surface area contributed by atoms with E-state index in [4.69, 9.17) is 0 Å². The van der Waals surface area contributed by atoms with Crippen molar-refractivity contribution in [1.29, 1.82) is 0 Å². The second kappa shape index (κ2) is 8.01. The third-order valence-corrected chi connectivity index (χ3v) is 7.89. The Morgan fingerprint density at radius 2 is 1.80 bits per heavy atom. The fourth-order valence-corrected chi connectivity index (χ4v) is 5.81. The van der Waals surface area contributed by atoms with Crippen molar-refractivity contribution in [2.24, 2.45) is 0 Å². The summed E-state index contributed by atoms with van der Waals surface area (Å²) in [6, 6.07) is 6.44. The average Bonchev–Trinajstić information content (AvgIpc) is 3.09. The topological polar surface area (TPSA) is 79.4 Å². The number of sulfonamides is 1. The first kappa shape index (κ1) is 20.8. The molecule has 0 bridgehead atoms. The van der Waals surface area contributed by atoms with Crippen LogP contribution >= 0.6 is 11.3 Å². The number of carbonyl (C=O) groups excluding carboxylic acids is 1. The molecule has 1 aromatic heterocycles. The van der Waals surface area contributed by atoms with Crippen LogP contribution in [0.3, 0.4) is 0 Å². The zero-order valence-corrected chi connectivity index (χ0v) is 17.7. The number of rotatable bonds is 4. The van der Waals surface area contributed by atoms with Gasteiger partial charge in [0.15, 0.2) is 16.8 Å². The molecule has 10 heteroatoms. The number of amides is 1. The van der Waals surface area contributed by atoms with Crippen molar-refractivity contribution < 1.29 is 22.0 Å². The van der Waals surface area contributed by atoms with Gasteiger partial charge in [0.25, 0.3) is 5.91 Å². The van der Waals surface area contributed by atoms with Crippen LogP contribution in [0.25, 0.3) is 10.2 Å². The maximum atomic E-state index is 13.4. The molecule has 1 N–H and O–H groups in total. The van der Waals surface area contributed by atoms with E-state index in [0.717, 1.165) is 42.7 Å². The number of aromatic nitrogens is 1. The van der Waals surface area contributed by atoms with E-state index in [1.165, 1.54) is 16.4 Å². The predicted octanol–water partition coefficient (Wildman–Crippen LogP) is 4.31. The van der Waals surface area contributed by atoms with Crippen molar-refractivity contribution in [3.8, 4) is 0 Å². The fourth-order valence-electron chi connectivity index (χ4n) is 3.40. The van der Waals surface area contributed by atoms with Crippen LogP contribution in [-0.2, 0) is 10.0 Å². The number of anilines is 1. The molecule has 1 amide bonds. The molecule has 4 rings (SSSR count). The van der Waals surface area contributed by atoms with Gasteiger partial charge in [-0.1, -0.05) is 23.8 Å². The van der Waals surface area contributed by atoms with Gasteiger partial charge >= 0.3 is 0 Å². The van der Waals surface area contributed by atoms with Crippen molar-refractivity contribution in [1.82, 2.24) is 9.29 Å². The summed E-state index contributed by atoms with van der Waals surface area (Å²) in [6.07, 6.45) is 2.64. The summed E-state index contributed by atoms with van der Waals surface area (Å²) < 4.78 is 54.5. The molecule has 0 saturated carbocycles. The lowest BCUT2D eigenvalue weighted by molar-refractivity contribution is 0.102. The Hall–Kier alpha value is -2.43. The molecule has 2 heterocycles. The van der Waals surface area contributed by atoms with Gasteiger partial charge in [-0.25, -0.2) is 22.2 Å². The summed E-state index contributed by atoms with van der Waals surface area (Å²) in [4.78, 5) is 17.0. The van der Waals surface area contributed by atoms with E-state index in [0.29, 0.717) is 23.4 Å². The molecule has 0 atom stereocenters. The van der Waals surface area contributed by atoms with Crippen molar-refractivity contribution >= 4 is 42.6 Å². The number of hydrogen-bond acceptors (Lipinski definition) is 5. The van der Waals surface area contributed by atoms with Crippen LogP contribution in [0.2, 0.25) is 0 Å². The summed E-state index contributed by atoms with van der Waals surface area (Å²) >= 11 is 1.01. The monoisotopic (exact) mass is 451 g/mol. The Morgan fingerprint density at radius 3 is 2.53 bits per heavy atom. The predicted molar refractivity (Wildman–Crippen MR) is 111 cm³/mol. The third kappa shape index (κ3) is 3.94. The van der Waals surface area contributed by atoms with Gasteiger partial charge in [0.2, 0.25) is 10.0 Å². The van der Waals surface area contributed by atoms with Gasteiger partial charge in [-0.2, -0.15) is 4.31 Å². The molecule has 0 spiro atoms. The van der Waals surface area contributed by atoms with Crippen LogP contribution in [0.5, 0.6) is 0 Å². The highest BCUT2D eigenvalue weighted by molar-refractivity contribution is 7.89. The Morgan fingerprint density at radius 1 is 1.10 bits per heavy atom. The van der Waals surface area contributed by atoms with Crippen molar-refractivity contribution in [2.75, 3.05) is 18.4 Å². The number of nitrogens with zero attached hydrogens (tertiary/aromatic N) is 2. The molecule has 1 aliphatic heterocycles. The highest BCUT2D eigenvalue weighted by Crippen LogP contribution is 2.29. The second-order valence-electron chi connectivity index (χ2n) is 7.15. The number of piperidine rings is 1. The molecular weight excluding hydrogens is 432 g/mol. The minimum Gasteiger partial charge on any atom is -0.298 e.